The van der Waals surface area contributed by atoms with Gasteiger partial charge in [-0.2, -0.15) is 0 Å². The van der Waals surface area contributed by atoms with Crippen LogP contribution in [0.1, 0.15) is 46.5 Å². The lowest BCUT2D eigenvalue weighted by atomic mass is 10.2. The molecule has 0 saturated carbocycles. The third kappa shape index (κ3) is 3.20. The van der Waals surface area contributed by atoms with Gasteiger partial charge in [-0.1, -0.05) is 37.3 Å². The largest absolute Gasteiger partial charge is 0.368 e. The van der Waals surface area contributed by atoms with Crippen molar-refractivity contribution in [3.05, 3.63) is 46.2 Å². The average Bonchev–Trinajstić information content (AvgIpc) is 3.22. The highest BCUT2D eigenvalue weighted by molar-refractivity contribution is 7.19. The smallest absolute Gasteiger partial charge is 0.265 e. The first-order valence-corrected chi connectivity index (χ1v) is 10.2. The Morgan fingerprint density at radius 3 is 2.52 bits per heavy atom. The second-order valence-electron chi connectivity index (χ2n) is 7.47. The predicted molar refractivity (Wildman–Crippen MR) is 109 cm³/mol. The number of carbonyl (C=O) groups excluding carboxylic acids is 1. The monoisotopic (exact) mass is 383 g/mol. The molecule has 1 amide bonds. The number of piperazine rings is 1. The van der Waals surface area contributed by atoms with E-state index in [1.807, 2.05) is 16.2 Å². The molecule has 3 heterocycles. The van der Waals surface area contributed by atoms with Crippen molar-refractivity contribution in [3.63, 3.8) is 0 Å². The summed E-state index contributed by atoms with van der Waals surface area (Å²) >= 11 is 1.45. The zero-order valence-electron chi connectivity index (χ0n) is 16.3. The van der Waals surface area contributed by atoms with Crippen LogP contribution in [0.4, 0.5) is 5.69 Å². The molecule has 0 spiro atoms. The SMILES string of the molecule is Cc1cccc(N2CCN(C(=O)c3sc4nnc(C(C)C)n4c3C)CC2)c1. The van der Waals surface area contributed by atoms with Crippen LogP contribution in [-0.4, -0.2) is 51.6 Å². The number of aromatic nitrogens is 3. The van der Waals surface area contributed by atoms with Crippen molar-refractivity contribution in [1.82, 2.24) is 19.5 Å². The fraction of sp³-hybridized carbons (Fsp3) is 0.450. The van der Waals surface area contributed by atoms with Crippen LogP contribution < -0.4 is 4.90 Å². The number of benzene rings is 1. The lowest BCUT2D eigenvalue weighted by Gasteiger charge is -2.36. The summed E-state index contributed by atoms with van der Waals surface area (Å²) in [6.45, 7) is 11.5. The van der Waals surface area contributed by atoms with Gasteiger partial charge in [0.2, 0.25) is 4.96 Å². The molecule has 0 bridgehead atoms. The van der Waals surface area contributed by atoms with E-state index in [9.17, 15) is 4.79 Å². The van der Waals surface area contributed by atoms with Crippen molar-refractivity contribution in [2.24, 2.45) is 0 Å². The third-order valence-electron chi connectivity index (χ3n) is 5.16. The van der Waals surface area contributed by atoms with Gasteiger partial charge in [-0.25, -0.2) is 0 Å². The fourth-order valence-electron chi connectivity index (χ4n) is 3.64. The van der Waals surface area contributed by atoms with E-state index in [0.29, 0.717) is 0 Å². The van der Waals surface area contributed by atoms with E-state index in [4.69, 9.17) is 0 Å². The average molecular weight is 384 g/mol. The Hall–Kier alpha value is -2.41. The van der Waals surface area contributed by atoms with Gasteiger partial charge in [0.25, 0.3) is 5.91 Å². The number of nitrogens with zero attached hydrogens (tertiary/aromatic N) is 5. The summed E-state index contributed by atoms with van der Waals surface area (Å²) in [5.41, 5.74) is 3.45. The van der Waals surface area contributed by atoms with Gasteiger partial charge in [0, 0.05) is 43.5 Å². The van der Waals surface area contributed by atoms with Crippen molar-refractivity contribution >= 4 is 27.9 Å². The van der Waals surface area contributed by atoms with Crippen molar-refractivity contribution in [3.8, 4) is 0 Å². The maximum atomic E-state index is 13.1. The first kappa shape index (κ1) is 18.0. The summed E-state index contributed by atoms with van der Waals surface area (Å²) in [5, 5.41) is 8.53. The quantitative estimate of drug-likeness (QED) is 0.695. The number of aryl methyl sites for hydroxylation is 2. The van der Waals surface area contributed by atoms with Crippen LogP contribution in [0.2, 0.25) is 0 Å². The summed E-state index contributed by atoms with van der Waals surface area (Å²) in [4.78, 5) is 19.0. The summed E-state index contributed by atoms with van der Waals surface area (Å²) in [6.07, 6.45) is 0. The third-order valence-corrected chi connectivity index (χ3v) is 6.28. The first-order valence-electron chi connectivity index (χ1n) is 9.41. The molecule has 142 valence electrons. The van der Waals surface area contributed by atoms with Gasteiger partial charge < -0.3 is 9.80 Å². The van der Waals surface area contributed by atoms with E-state index in [2.05, 4.69) is 60.1 Å². The number of fused-ring (bicyclic) bond motifs is 1. The molecule has 1 aliphatic rings. The molecule has 4 rings (SSSR count). The summed E-state index contributed by atoms with van der Waals surface area (Å²) < 4.78 is 2.03. The Balaban J connectivity index is 1.51. The minimum atomic E-state index is 0.113. The number of hydrogen-bond acceptors (Lipinski definition) is 5. The van der Waals surface area contributed by atoms with Crippen molar-refractivity contribution in [2.45, 2.75) is 33.6 Å². The molecule has 1 fully saturated rings. The number of carbonyl (C=O) groups is 1. The van der Waals surface area contributed by atoms with Gasteiger partial charge in [0.1, 0.15) is 10.7 Å². The molecule has 7 heteroatoms. The maximum absolute atomic E-state index is 13.1. The van der Waals surface area contributed by atoms with Crippen LogP contribution in [0.3, 0.4) is 0 Å². The molecule has 1 aliphatic heterocycles. The Morgan fingerprint density at radius 2 is 1.85 bits per heavy atom. The summed E-state index contributed by atoms with van der Waals surface area (Å²) in [5.74, 6) is 1.30. The second-order valence-corrected chi connectivity index (χ2v) is 8.44. The topological polar surface area (TPSA) is 53.7 Å². The molecule has 0 atom stereocenters. The highest BCUT2D eigenvalue weighted by Crippen LogP contribution is 2.27. The molecule has 27 heavy (non-hydrogen) atoms. The molecular formula is C20H25N5OS. The molecule has 3 aromatic rings. The lowest BCUT2D eigenvalue weighted by molar-refractivity contribution is 0.0750. The van der Waals surface area contributed by atoms with Gasteiger partial charge >= 0.3 is 0 Å². The molecule has 0 N–H and O–H groups in total. The fourth-order valence-corrected chi connectivity index (χ4v) is 4.68. The van der Waals surface area contributed by atoms with E-state index < -0.39 is 0 Å². The normalized spacial score (nSPS) is 15.1. The van der Waals surface area contributed by atoms with E-state index >= 15 is 0 Å². The molecule has 1 saturated heterocycles. The molecule has 0 unspecified atom stereocenters. The van der Waals surface area contributed by atoms with Crippen LogP contribution >= 0.6 is 11.3 Å². The van der Waals surface area contributed by atoms with Gasteiger partial charge in [0.05, 0.1) is 0 Å². The summed E-state index contributed by atoms with van der Waals surface area (Å²) in [6, 6.07) is 8.55. The zero-order valence-corrected chi connectivity index (χ0v) is 17.1. The highest BCUT2D eigenvalue weighted by atomic mass is 32.1. The minimum absolute atomic E-state index is 0.113. The summed E-state index contributed by atoms with van der Waals surface area (Å²) in [7, 11) is 0. The van der Waals surface area contributed by atoms with E-state index in [-0.39, 0.29) is 11.8 Å². The van der Waals surface area contributed by atoms with E-state index in [0.717, 1.165) is 47.5 Å². The Kier molecular flexibility index (Phi) is 4.63. The number of amides is 1. The lowest BCUT2D eigenvalue weighted by Crippen LogP contribution is -2.48. The predicted octanol–water partition coefficient (Wildman–Crippen LogP) is 3.49. The maximum Gasteiger partial charge on any atom is 0.265 e. The second kappa shape index (κ2) is 6.96. The van der Waals surface area contributed by atoms with Gasteiger partial charge in [-0.3, -0.25) is 9.20 Å². The van der Waals surface area contributed by atoms with Crippen molar-refractivity contribution in [2.75, 3.05) is 31.1 Å². The standard InChI is InChI=1S/C20H25N5OS/c1-13(2)18-21-22-20-25(18)15(4)17(27-20)19(26)24-10-8-23(9-11-24)16-7-5-6-14(3)12-16/h5-7,12-13H,8-11H2,1-4H3. The van der Waals surface area contributed by atoms with Gasteiger partial charge in [-0.15, -0.1) is 10.2 Å². The van der Waals surface area contributed by atoms with Crippen LogP contribution in [0, 0.1) is 13.8 Å². The van der Waals surface area contributed by atoms with Crippen molar-refractivity contribution in [1.29, 1.82) is 0 Å². The van der Waals surface area contributed by atoms with Gasteiger partial charge in [-0.05, 0) is 31.5 Å². The molecule has 0 aliphatic carbocycles. The Morgan fingerprint density at radius 1 is 1.11 bits per heavy atom. The minimum Gasteiger partial charge on any atom is -0.368 e. The number of hydrogen-bond donors (Lipinski definition) is 0. The Bertz CT molecular complexity index is 982. The van der Waals surface area contributed by atoms with Gasteiger partial charge in [0.15, 0.2) is 0 Å². The first-order chi connectivity index (χ1) is 13.0. The molecule has 6 nitrogen and oxygen atoms in total. The molecule has 1 aromatic carbocycles. The number of rotatable bonds is 3. The molecule has 2 aromatic heterocycles. The van der Waals surface area contributed by atoms with Crippen LogP contribution in [-0.2, 0) is 0 Å². The van der Waals surface area contributed by atoms with Crippen LogP contribution in [0.15, 0.2) is 24.3 Å². The van der Waals surface area contributed by atoms with Crippen LogP contribution in [0.25, 0.3) is 4.96 Å². The number of anilines is 1. The number of thiazole rings is 1. The Labute approximate surface area is 163 Å². The molecule has 0 radical (unpaired) electrons. The zero-order chi connectivity index (χ0) is 19.1. The van der Waals surface area contributed by atoms with E-state index in [1.54, 1.807) is 0 Å². The highest BCUT2D eigenvalue weighted by Gasteiger charge is 2.27. The van der Waals surface area contributed by atoms with E-state index in [1.165, 1.54) is 22.6 Å². The van der Waals surface area contributed by atoms with Crippen molar-refractivity contribution < 1.29 is 4.79 Å². The molecular weight excluding hydrogens is 358 g/mol. The van der Waals surface area contributed by atoms with Crippen LogP contribution in [0.5, 0.6) is 0 Å².